The predicted octanol–water partition coefficient (Wildman–Crippen LogP) is 5.29. The molecule has 0 saturated heterocycles. The molecule has 0 aromatic heterocycles. The number of hydrogen-bond donors (Lipinski definition) is 0. The Morgan fingerprint density at radius 2 is 1.73 bits per heavy atom. The first-order valence-corrected chi connectivity index (χ1v) is 12.6. The smallest absolute Gasteiger partial charge is 0.192 e. The fourth-order valence-corrected chi connectivity index (χ4v) is 3.52. The van der Waals surface area contributed by atoms with Gasteiger partial charge in [0.25, 0.3) is 0 Å². The molecule has 0 aliphatic carbocycles. The number of alkyl halides is 1. The molecule has 0 bridgehead atoms. The largest absolute Gasteiger partial charge is 0.478 e. The topological polar surface area (TPSA) is 30.8 Å². The van der Waals surface area contributed by atoms with Crippen LogP contribution in [-0.4, -0.2) is 37.9 Å². The molecule has 1 aliphatic rings. The van der Waals surface area contributed by atoms with Gasteiger partial charge in [-0.1, -0.05) is 64.1 Å². The fraction of sp³-hybridized carbons (Fsp3) is 0.941. The van der Waals surface area contributed by atoms with Crippen molar-refractivity contribution in [3.63, 3.8) is 0 Å². The van der Waals surface area contributed by atoms with E-state index in [1.54, 1.807) is 0 Å². The zero-order chi connectivity index (χ0) is 17.4. The lowest BCUT2D eigenvalue weighted by atomic mass is 9.88. The normalized spacial score (nSPS) is 23.0. The Labute approximate surface area is 151 Å². The quantitative estimate of drug-likeness (QED) is 0.331. The van der Waals surface area contributed by atoms with Crippen LogP contribution in [0.25, 0.3) is 0 Å². The van der Waals surface area contributed by atoms with Crippen molar-refractivity contribution in [1.82, 2.24) is 0 Å². The Hall–Kier alpha value is 0.377. The highest BCUT2D eigenvalue weighted by molar-refractivity contribution is 14.1. The molecule has 0 fully saturated rings. The fourth-order valence-electron chi connectivity index (χ4n) is 1.86. The van der Waals surface area contributed by atoms with Gasteiger partial charge in [0.15, 0.2) is 14.2 Å². The van der Waals surface area contributed by atoms with Crippen LogP contribution in [0.5, 0.6) is 0 Å². The van der Waals surface area contributed by atoms with E-state index in [1.165, 1.54) is 0 Å². The van der Waals surface area contributed by atoms with Gasteiger partial charge in [0, 0.05) is 11.0 Å². The molecule has 1 heterocycles. The van der Waals surface area contributed by atoms with Crippen LogP contribution in [0.4, 0.5) is 0 Å². The summed E-state index contributed by atoms with van der Waals surface area (Å²) in [5, 5.41) is 0.228. The van der Waals surface area contributed by atoms with Crippen molar-refractivity contribution < 1.29 is 9.16 Å². The Morgan fingerprint density at radius 1 is 1.18 bits per heavy atom. The van der Waals surface area contributed by atoms with E-state index >= 15 is 0 Å². The summed E-state index contributed by atoms with van der Waals surface area (Å²) in [6, 6.07) is 0.248. The lowest BCUT2D eigenvalue weighted by Crippen LogP contribution is -2.46. The van der Waals surface area contributed by atoms with Crippen molar-refractivity contribution in [1.29, 1.82) is 0 Å². The number of halogens is 1. The van der Waals surface area contributed by atoms with Crippen molar-refractivity contribution in [2.75, 3.05) is 17.6 Å². The highest BCUT2D eigenvalue weighted by atomic mass is 127. The maximum absolute atomic E-state index is 6.46. The van der Waals surface area contributed by atoms with Crippen LogP contribution in [0.3, 0.4) is 0 Å². The average molecular weight is 439 g/mol. The molecule has 2 atom stereocenters. The van der Waals surface area contributed by atoms with Crippen LogP contribution in [0, 0.1) is 10.8 Å². The summed E-state index contributed by atoms with van der Waals surface area (Å²) in [5.74, 6) is 0.889. The van der Waals surface area contributed by atoms with Crippen molar-refractivity contribution in [3.8, 4) is 0 Å². The third kappa shape index (κ3) is 4.69. The zero-order valence-corrected chi connectivity index (χ0v) is 19.0. The lowest BCUT2D eigenvalue weighted by molar-refractivity contribution is 0.181. The van der Waals surface area contributed by atoms with Gasteiger partial charge in [-0.2, -0.15) is 0 Å². The first kappa shape index (κ1) is 20.4. The minimum atomic E-state index is -1.75. The molecule has 130 valence electrons. The summed E-state index contributed by atoms with van der Waals surface area (Å²) < 4.78 is 13.4. The van der Waals surface area contributed by atoms with Crippen LogP contribution >= 0.6 is 22.6 Å². The second kappa shape index (κ2) is 6.71. The zero-order valence-electron chi connectivity index (χ0n) is 15.8. The SMILES string of the molecule is CC(CI)(CO[Si](C)(C)C(C)(C)C)C1=N[C@@H](C(C)(C)C)CO1. The van der Waals surface area contributed by atoms with Crippen molar-refractivity contribution >= 4 is 36.8 Å². The average Bonchev–Trinajstić information content (AvgIpc) is 2.84. The molecular weight excluding hydrogens is 405 g/mol. The third-order valence-electron chi connectivity index (χ3n) is 5.02. The van der Waals surface area contributed by atoms with Gasteiger partial charge in [-0.25, -0.2) is 4.99 Å². The second-order valence-corrected chi connectivity index (χ2v) is 14.9. The number of ether oxygens (including phenoxy) is 1. The van der Waals surface area contributed by atoms with Gasteiger partial charge in [-0.15, -0.1) is 0 Å². The molecule has 22 heavy (non-hydrogen) atoms. The summed E-state index contributed by atoms with van der Waals surface area (Å²) in [6.45, 7) is 21.7. The summed E-state index contributed by atoms with van der Waals surface area (Å²) in [6.07, 6.45) is 0. The van der Waals surface area contributed by atoms with E-state index in [0.717, 1.165) is 10.3 Å². The molecule has 0 saturated carbocycles. The molecule has 0 aromatic carbocycles. The summed E-state index contributed by atoms with van der Waals surface area (Å²) in [4.78, 5) is 4.89. The maximum atomic E-state index is 6.46. The van der Waals surface area contributed by atoms with Crippen LogP contribution < -0.4 is 0 Å². The predicted molar refractivity (Wildman–Crippen MR) is 107 cm³/mol. The van der Waals surface area contributed by atoms with E-state index in [1.807, 2.05) is 0 Å². The highest BCUT2D eigenvalue weighted by Gasteiger charge is 2.43. The molecule has 1 rings (SSSR count). The van der Waals surface area contributed by atoms with E-state index < -0.39 is 8.32 Å². The molecule has 0 aromatic rings. The first-order chi connectivity index (χ1) is 9.73. The number of hydrogen-bond acceptors (Lipinski definition) is 3. The molecule has 0 N–H and O–H groups in total. The monoisotopic (exact) mass is 439 g/mol. The van der Waals surface area contributed by atoms with Crippen LogP contribution in [0.15, 0.2) is 4.99 Å². The van der Waals surface area contributed by atoms with E-state index in [2.05, 4.69) is 84.2 Å². The van der Waals surface area contributed by atoms with Gasteiger partial charge in [0.05, 0.1) is 11.5 Å². The minimum Gasteiger partial charge on any atom is -0.478 e. The standard InChI is InChI=1S/C17H34INO2Si/c1-15(2,3)13-10-20-14(19-13)17(7,11-18)12-21-22(8,9)16(4,5)6/h13H,10-12H2,1-9H3/t13-,17?/m1/s1. The van der Waals surface area contributed by atoms with E-state index in [0.29, 0.717) is 13.2 Å². The number of nitrogens with zero attached hydrogens (tertiary/aromatic N) is 1. The summed E-state index contributed by atoms with van der Waals surface area (Å²) >= 11 is 2.43. The van der Waals surface area contributed by atoms with Crippen molar-refractivity contribution in [2.45, 2.75) is 72.6 Å². The number of aliphatic imine (C=N–C) groups is 1. The highest BCUT2D eigenvalue weighted by Crippen LogP contribution is 2.39. The van der Waals surface area contributed by atoms with Crippen LogP contribution in [0.2, 0.25) is 18.1 Å². The Morgan fingerprint density at radius 3 is 2.09 bits per heavy atom. The molecule has 0 radical (unpaired) electrons. The van der Waals surface area contributed by atoms with E-state index in [9.17, 15) is 0 Å². The van der Waals surface area contributed by atoms with E-state index in [-0.39, 0.29) is 21.9 Å². The number of rotatable bonds is 5. The van der Waals surface area contributed by atoms with Gasteiger partial charge in [0.2, 0.25) is 0 Å². The van der Waals surface area contributed by atoms with Gasteiger partial charge in [-0.3, -0.25) is 0 Å². The summed E-state index contributed by atoms with van der Waals surface area (Å²) in [7, 11) is -1.75. The van der Waals surface area contributed by atoms with Gasteiger partial charge in [0.1, 0.15) is 6.61 Å². The molecule has 0 spiro atoms. The Kier molecular flexibility index (Phi) is 6.23. The van der Waals surface area contributed by atoms with Gasteiger partial charge in [-0.05, 0) is 30.5 Å². The molecule has 1 aliphatic heterocycles. The molecule has 1 unspecified atom stereocenters. The van der Waals surface area contributed by atoms with E-state index in [4.69, 9.17) is 14.2 Å². The van der Waals surface area contributed by atoms with Crippen molar-refractivity contribution in [2.24, 2.45) is 15.8 Å². The summed E-state index contributed by atoms with van der Waals surface area (Å²) in [5.41, 5.74) is 0.0182. The first-order valence-electron chi connectivity index (χ1n) is 8.14. The van der Waals surface area contributed by atoms with Crippen LogP contribution in [0.1, 0.15) is 48.5 Å². The van der Waals surface area contributed by atoms with Crippen molar-refractivity contribution in [3.05, 3.63) is 0 Å². The van der Waals surface area contributed by atoms with Gasteiger partial charge >= 0.3 is 0 Å². The third-order valence-corrected chi connectivity index (χ3v) is 11.2. The van der Waals surface area contributed by atoms with Gasteiger partial charge < -0.3 is 9.16 Å². The Bertz CT molecular complexity index is 423. The van der Waals surface area contributed by atoms with Crippen LogP contribution in [-0.2, 0) is 9.16 Å². The maximum Gasteiger partial charge on any atom is 0.192 e. The molecule has 3 nitrogen and oxygen atoms in total. The lowest BCUT2D eigenvalue weighted by Gasteiger charge is -2.39. The molecule has 5 heteroatoms. The minimum absolute atomic E-state index is 0.129. The molecular formula is C17H34INO2Si. The second-order valence-electron chi connectivity index (χ2n) is 9.37. The Balaban J connectivity index is 2.86. The molecule has 0 amide bonds.